The number of urea groups is 1. The van der Waals surface area contributed by atoms with E-state index in [1.807, 2.05) is 6.92 Å². The number of amides is 3. The molecule has 0 atom stereocenters. The van der Waals surface area contributed by atoms with E-state index in [4.69, 9.17) is 0 Å². The van der Waals surface area contributed by atoms with Crippen molar-refractivity contribution < 1.29 is 9.59 Å². The summed E-state index contributed by atoms with van der Waals surface area (Å²) in [6, 6.07) is -0.306. The third-order valence-electron chi connectivity index (χ3n) is 1.98. The standard InChI is InChI=1S/C8H10N4O2S2/c1-5-10-11-8(16-5)15-4-6(13)12-3-2-9-7(12)14/h2-4H2,1H3,(H,9,14). The average Bonchev–Trinajstić information content (AvgIpc) is 2.84. The highest BCUT2D eigenvalue weighted by molar-refractivity contribution is 8.01. The zero-order valence-corrected chi connectivity index (χ0v) is 10.2. The minimum Gasteiger partial charge on any atom is -0.336 e. The van der Waals surface area contributed by atoms with Crippen LogP contribution in [0.1, 0.15) is 5.01 Å². The van der Waals surface area contributed by atoms with E-state index in [0.29, 0.717) is 13.1 Å². The maximum Gasteiger partial charge on any atom is 0.324 e. The largest absolute Gasteiger partial charge is 0.336 e. The van der Waals surface area contributed by atoms with Crippen LogP contribution < -0.4 is 5.32 Å². The number of aryl methyl sites for hydroxylation is 1. The van der Waals surface area contributed by atoms with Crippen LogP contribution in [0.3, 0.4) is 0 Å². The van der Waals surface area contributed by atoms with Gasteiger partial charge in [-0.15, -0.1) is 10.2 Å². The fourth-order valence-corrected chi connectivity index (χ4v) is 2.94. The number of carbonyl (C=O) groups excluding carboxylic acids is 2. The first-order valence-electron chi connectivity index (χ1n) is 4.68. The Kier molecular flexibility index (Phi) is 3.39. The highest BCUT2D eigenvalue weighted by Gasteiger charge is 2.25. The molecule has 0 bridgehead atoms. The maximum absolute atomic E-state index is 11.6. The Morgan fingerprint density at radius 2 is 2.44 bits per heavy atom. The smallest absolute Gasteiger partial charge is 0.324 e. The van der Waals surface area contributed by atoms with Crippen LogP contribution in [0.4, 0.5) is 4.79 Å². The van der Waals surface area contributed by atoms with E-state index in [2.05, 4.69) is 15.5 Å². The van der Waals surface area contributed by atoms with Gasteiger partial charge in [0.2, 0.25) is 5.91 Å². The molecule has 0 saturated carbocycles. The van der Waals surface area contributed by atoms with Crippen molar-refractivity contribution in [3.05, 3.63) is 5.01 Å². The predicted octanol–water partition coefficient (Wildman–Crippen LogP) is 0.490. The lowest BCUT2D eigenvalue weighted by molar-refractivity contribution is -0.124. The van der Waals surface area contributed by atoms with Gasteiger partial charge in [0.25, 0.3) is 0 Å². The number of thioether (sulfide) groups is 1. The highest BCUT2D eigenvalue weighted by atomic mass is 32.2. The molecule has 0 radical (unpaired) electrons. The molecule has 16 heavy (non-hydrogen) atoms. The van der Waals surface area contributed by atoms with E-state index in [1.54, 1.807) is 0 Å². The van der Waals surface area contributed by atoms with Gasteiger partial charge in [-0.25, -0.2) is 4.79 Å². The molecule has 1 fully saturated rings. The van der Waals surface area contributed by atoms with E-state index in [9.17, 15) is 9.59 Å². The van der Waals surface area contributed by atoms with Gasteiger partial charge in [0.15, 0.2) is 4.34 Å². The fourth-order valence-electron chi connectivity index (χ4n) is 1.25. The van der Waals surface area contributed by atoms with Crippen molar-refractivity contribution >= 4 is 35.0 Å². The quantitative estimate of drug-likeness (QED) is 0.799. The number of nitrogens with zero attached hydrogens (tertiary/aromatic N) is 3. The normalized spacial score (nSPS) is 15.3. The van der Waals surface area contributed by atoms with Crippen molar-refractivity contribution in [3.8, 4) is 0 Å². The Balaban J connectivity index is 1.86. The Labute approximate surface area is 100 Å². The second-order valence-corrected chi connectivity index (χ2v) is 5.56. The van der Waals surface area contributed by atoms with Crippen LogP contribution >= 0.6 is 23.1 Å². The number of carbonyl (C=O) groups is 2. The van der Waals surface area contributed by atoms with Gasteiger partial charge in [-0.1, -0.05) is 23.1 Å². The Morgan fingerprint density at radius 1 is 1.62 bits per heavy atom. The SMILES string of the molecule is Cc1nnc(SCC(=O)N2CCNC2=O)s1. The lowest BCUT2D eigenvalue weighted by atomic mass is 10.5. The topological polar surface area (TPSA) is 75.2 Å². The average molecular weight is 258 g/mol. The summed E-state index contributed by atoms with van der Waals surface area (Å²) in [4.78, 5) is 24.1. The molecule has 8 heteroatoms. The first kappa shape index (κ1) is 11.3. The van der Waals surface area contributed by atoms with Crippen LogP contribution in [0.25, 0.3) is 0 Å². The molecule has 1 aromatic heterocycles. The number of nitrogens with one attached hydrogen (secondary N) is 1. The monoisotopic (exact) mass is 258 g/mol. The Hall–Kier alpha value is -1.15. The molecule has 2 rings (SSSR count). The highest BCUT2D eigenvalue weighted by Crippen LogP contribution is 2.22. The molecule has 0 unspecified atom stereocenters. The van der Waals surface area contributed by atoms with Gasteiger partial charge in [0, 0.05) is 13.1 Å². The molecule has 2 heterocycles. The number of aromatic nitrogens is 2. The number of rotatable bonds is 3. The maximum atomic E-state index is 11.6. The summed E-state index contributed by atoms with van der Waals surface area (Å²) >= 11 is 2.75. The minimum atomic E-state index is -0.306. The van der Waals surface area contributed by atoms with Crippen LogP contribution in [0, 0.1) is 6.92 Å². The van der Waals surface area contributed by atoms with Crippen molar-refractivity contribution in [1.29, 1.82) is 0 Å². The van der Waals surface area contributed by atoms with Crippen molar-refractivity contribution in [3.63, 3.8) is 0 Å². The molecule has 3 amide bonds. The van der Waals surface area contributed by atoms with E-state index in [1.165, 1.54) is 28.0 Å². The summed E-state index contributed by atoms with van der Waals surface area (Å²) in [5.74, 6) is 0.0371. The summed E-state index contributed by atoms with van der Waals surface area (Å²) in [6.45, 7) is 2.85. The summed E-state index contributed by atoms with van der Waals surface area (Å²) in [5, 5.41) is 11.2. The molecular formula is C8H10N4O2S2. The molecule has 1 aliphatic rings. The molecule has 0 spiro atoms. The third-order valence-corrected chi connectivity index (χ3v) is 3.94. The molecule has 1 saturated heterocycles. The zero-order valence-electron chi connectivity index (χ0n) is 8.60. The van der Waals surface area contributed by atoms with Crippen LogP contribution in [0.5, 0.6) is 0 Å². The van der Waals surface area contributed by atoms with E-state index >= 15 is 0 Å². The summed E-state index contributed by atoms with van der Waals surface area (Å²) in [6.07, 6.45) is 0. The predicted molar refractivity (Wildman–Crippen MR) is 60.5 cm³/mol. The van der Waals surface area contributed by atoms with Crippen molar-refractivity contribution in [2.75, 3.05) is 18.8 Å². The van der Waals surface area contributed by atoms with Crippen LogP contribution in [-0.2, 0) is 4.79 Å². The van der Waals surface area contributed by atoms with Gasteiger partial charge >= 0.3 is 6.03 Å². The van der Waals surface area contributed by atoms with Crippen molar-refractivity contribution in [1.82, 2.24) is 20.4 Å². The van der Waals surface area contributed by atoms with Crippen molar-refractivity contribution in [2.24, 2.45) is 0 Å². The molecule has 0 aliphatic carbocycles. The molecule has 86 valence electrons. The minimum absolute atomic E-state index is 0.187. The van der Waals surface area contributed by atoms with Crippen LogP contribution in [-0.4, -0.2) is 45.9 Å². The summed E-state index contributed by atoms with van der Waals surface area (Å²) < 4.78 is 0.755. The van der Waals surface area contributed by atoms with E-state index < -0.39 is 0 Å². The lowest BCUT2D eigenvalue weighted by Gasteiger charge is -2.10. The lowest BCUT2D eigenvalue weighted by Crippen LogP contribution is -2.35. The fraction of sp³-hybridized carbons (Fsp3) is 0.500. The second-order valence-electron chi connectivity index (χ2n) is 3.15. The number of hydrogen-bond donors (Lipinski definition) is 1. The zero-order chi connectivity index (χ0) is 11.5. The van der Waals surface area contributed by atoms with E-state index in [-0.39, 0.29) is 17.7 Å². The van der Waals surface area contributed by atoms with E-state index in [0.717, 1.165) is 9.35 Å². The van der Waals surface area contributed by atoms with Gasteiger partial charge < -0.3 is 5.32 Å². The molecule has 0 aromatic carbocycles. The molecule has 1 aliphatic heterocycles. The van der Waals surface area contributed by atoms with Crippen molar-refractivity contribution in [2.45, 2.75) is 11.3 Å². The van der Waals surface area contributed by atoms with Crippen LogP contribution in [0.15, 0.2) is 4.34 Å². The van der Waals surface area contributed by atoms with Gasteiger partial charge in [-0.2, -0.15) is 0 Å². The molecule has 6 nitrogen and oxygen atoms in total. The summed E-state index contributed by atoms with van der Waals surface area (Å²) in [5.41, 5.74) is 0. The first-order valence-corrected chi connectivity index (χ1v) is 6.48. The van der Waals surface area contributed by atoms with Gasteiger partial charge in [0.1, 0.15) is 5.01 Å². The van der Waals surface area contributed by atoms with Crippen LogP contribution in [0.2, 0.25) is 0 Å². The first-order chi connectivity index (χ1) is 7.66. The number of hydrogen-bond acceptors (Lipinski definition) is 6. The molecular weight excluding hydrogens is 248 g/mol. The summed E-state index contributed by atoms with van der Waals surface area (Å²) in [7, 11) is 0. The van der Waals surface area contributed by atoms with Gasteiger partial charge in [-0.3, -0.25) is 9.69 Å². The van der Waals surface area contributed by atoms with Gasteiger partial charge in [0.05, 0.1) is 5.75 Å². The third kappa shape index (κ3) is 2.50. The molecule has 1 N–H and O–H groups in total. The Bertz CT molecular complexity index is 420. The second kappa shape index (κ2) is 4.79. The van der Waals surface area contributed by atoms with Gasteiger partial charge in [-0.05, 0) is 6.92 Å². The molecule has 1 aromatic rings. The number of imide groups is 1. The Morgan fingerprint density at radius 3 is 3.00 bits per heavy atom.